The second kappa shape index (κ2) is 4.70. The molecule has 3 heteroatoms. The average molecular weight is 240 g/mol. The van der Waals surface area contributed by atoms with E-state index in [4.69, 9.17) is 4.43 Å². The largest absolute Gasteiger partial charge is 0.547 e. The molecule has 0 amide bonds. The van der Waals surface area contributed by atoms with E-state index in [1.54, 1.807) is 5.20 Å². The van der Waals surface area contributed by atoms with Crippen LogP contribution >= 0.6 is 0 Å². The van der Waals surface area contributed by atoms with Crippen molar-refractivity contribution < 1.29 is 4.43 Å². The summed E-state index contributed by atoms with van der Waals surface area (Å²) >= 11 is 0. The first-order valence-electron chi connectivity index (χ1n) is 5.96. The highest BCUT2D eigenvalue weighted by molar-refractivity contribution is 6.70. The topological polar surface area (TPSA) is 9.23 Å². The zero-order valence-corrected chi connectivity index (χ0v) is 13.1. The highest BCUT2D eigenvalue weighted by Gasteiger charge is 2.24. The molecule has 0 bridgehead atoms. The van der Waals surface area contributed by atoms with E-state index in [1.807, 2.05) is 0 Å². The van der Waals surface area contributed by atoms with E-state index in [2.05, 4.69) is 45.7 Å². The highest BCUT2D eigenvalue weighted by atomic mass is 28.4. The van der Waals surface area contributed by atoms with Crippen molar-refractivity contribution >= 4 is 17.1 Å². The Morgan fingerprint density at radius 2 is 1.93 bits per heavy atom. The molecule has 0 aliphatic heterocycles. The van der Waals surface area contributed by atoms with Crippen LogP contribution in [0.5, 0.6) is 0 Å². The molecular formula is C12H24OSi2. The summed E-state index contributed by atoms with van der Waals surface area (Å²) in [6.45, 7) is 13.8. The second-order valence-electron chi connectivity index (χ2n) is 5.49. The van der Waals surface area contributed by atoms with Crippen molar-refractivity contribution in [3.8, 4) is 0 Å². The molecule has 15 heavy (non-hydrogen) atoms. The minimum absolute atomic E-state index is 0.666. The first kappa shape index (κ1) is 12.8. The van der Waals surface area contributed by atoms with E-state index in [-0.39, 0.29) is 0 Å². The Bertz CT molecular complexity index is 295. The monoisotopic (exact) mass is 240 g/mol. The molecule has 0 radical (unpaired) electrons. The Labute approximate surface area is 97.0 Å². The lowest BCUT2D eigenvalue weighted by Crippen LogP contribution is -2.25. The Morgan fingerprint density at radius 1 is 1.33 bits per heavy atom. The molecule has 0 aromatic carbocycles. The molecule has 1 aliphatic carbocycles. The summed E-state index contributed by atoms with van der Waals surface area (Å²) in [5.41, 5.74) is 1.53. The minimum atomic E-state index is -1.42. The molecule has 0 saturated carbocycles. The second-order valence-corrected chi connectivity index (χ2v) is 12.8. The van der Waals surface area contributed by atoms with Gasteiger partial charge < -0.3 is 4.43 Å². The zero-order chi connectivity index (χ0) is 11.6. The van der Waals surface area contributed by atoms with Crippen LogP contribution in [0.2, 0.25) is 32.7 Å². The van der Waals surface area contributed by atoms with Crippen molar-refractivity contribution in [2.75, 3.05) is 0 Å². The number of hydrogen-bond donors (Lipinski definition) is 0. The van der Waals surface area contributed by atoms with Gasteiger partial charge in [0.25, 0.3) is 0 Å². The van der Waals surface area contributed by atoms with Gasteiger partial charge in [-0.05, 0) is 31.6 Å². The van der Waals surface area contributed by atoms with Gasteiger partial charge in [0.05, 0.1) is 14.6 Å². The smallest absolute Gasteiger partial charge is 0.241 e. The molecule has 0 N–H and O–H groups in total. The summed E-state index contributed by atoms with van der Waals surface area (Å²) < 4.78 is 6.17. The van der Waals surface area contributed by atoms with Crippen molar-refractivity contribution in [2.24, 2.45) is 0 Å². The molecule has 0 aromatic rings. The standard InChI is InChI=1S/C12H24OSi2/c1-7-10-11(13-15(4,5)6)8-9-12(10)14(2)3/h9,14H,7-8H2,1-6H3. The summed E-state index contributed by atoms with van der Waals surface area (Å²) in [7, 11) is -2.09. The van der Waals surface area contributed by atoms with Gasteiger partial charge in [-0.25, -0.2) is 0 Å². The summed E-state index contributed by atoms with van der Waals surface area (Å²) in [6.07, 6.45) is 4.59. The Balaban J connectivity index is 2.86. The van der Waals surface area contributed by atoms with Crippen molar-refractivity contribution in [3.63, 3.8) is 0 Å². The summed E-state index contributed by atoms with van der Waals surface area (Å²) in [4.78, 5) is 0. The third-order valence-electron chi connectivity index (χ3n) is 2.60. The molecule has 0 atom stereocenters. The first-order chi connectivity index (χ1) is 6.85. The molecule has 0 aromatic heterocycles. The maximum absolute atomic E-state index is 6.17. The Hall–Kier alpha value is -0.286. The van der Waals surface area contributed by atoms with Crippen molar-refractivity contribution in [2.45, 2.75) is 52.5 Å². The molecule has 0 saturated heterocycles. The van der Waals surface area contributed by atoms with Gasteiger partial charge in [-0.1, -0.05) is 31.3 Å². The van der Waals surface area contributed by atoms with Crippen molar-refractivity contribution in [3.05, 3.63) is 22.6 Å². The van der Waals surface area contributed by atoms with Gasteiger partial charge in [0.2, 0.25) is 8.32 Å². The van der Waals surface area contributed by atoms with E-state index in [9.17, 15) is 0 Å². The SMILES string of the molecule is CCC1=C(O[Si](C)(C)C)CC=C1[SiH](C)C. The number of hydrogen-bond acceptors (Lipinski definition) is 1. The van der Waals surface area contributed by atoms with Gasteiger partial charge in [-0.15, -0.1) is 0 Å². The van der Waals surface area contributed by atoms with Gasteiger partial charge in [-0.2, -0.15) is 0 Å². The summed E-state index contributed by atoms with van der Waals surface area (Å²) in [6, 6.07) is 0. The van der Waals surface area contributed by atoms with Crippen LogP contribution in [0.15, 0.2) is 22.6 Å². The fourth-order valence-electron chi connectivity index (χ4n) is 2.07. The van der Waals surface area contributed by atoms with Crippen LogP contribution in [0.3, 0.4) is 0 Å². The van der Waals surface area contributed by atoms with Crippen LogP contribution < -0.4 is 0 Å². The van der Waals surface area contributed by atoms with E-state index in [0.717, 1.165) is 12.8 Å². The van der Waals surface area contributed by atoms with Gasteiger partial charge >= 0.3 is 0 Å². The van der Waals surface area contributed by atoms with Crippen molar-refractivity contribution in [1.29, 1.82) is 0 Å². The van der Waals surface area contributed by atoms with Crippen LogP contribution in [0.4, 0.5) is 0 Å². The lowest BCUT2D eigenvalue weighted by Gasteiger charge is -2.22. The van der Waals surface area contributed by atoms with E-state index >= 15 is 0 Å². The number of rotatable bonds is 4. The molecule has 86 valence electrons. The number of allylic oxidation sites excluding steroid dienone is 3. The molecule has 0 heterocycles. The lowest BCUT2D eigenvalue weighted by atomic mass is 10.2. The maximum Gasteiger partial charge on any atom is 0.241 e. The Kier molecular flexibility index (Phi) is 4.01. The van der Waals surface area contributed by atoms with Crippen LogP contribution in [0, 0.1) is 0 Å². The van der Waals surface area contributed by atoms with Gasteiger partial charge in [0.1, 0.15) is 0 Å². The van der Waals surface area contributed by atoms with Crippen molar-refractivity contribution in [1.82, 2.24) is 0 Å². The van der Waals surface area contributed by atoms with Crippen LogP contribution in [-0.2, 0) is 4.43 Å². The quantitative estimate of drug-likeness (QED) is 0.678. The molecular weight excluding hydrogens is 216 g/mol. The fraction of sp³-hybridized carbons (Fsp3) is 0.667. The first-order valence-corrected chi connectivity index (χ1v) is 12.3. The predicted octanol–water partition coefficient (Wildman–Crippen LogP) is 3.86. The molecule has 0 fully saturated rings. The molecule has 1 nitrogen and oxygen atoms in total. The normalized spacial score (nSPS) is 17.4. The highest BCUT2D eigenvalue weighted by Crippen LogP contribution is 2.32. The fourth-order valence-corrected chi connectivity index (χ4v) is 4.67. The third kappa shape index (κ3) is 3.35. The van der Waals surface area contributed by atoms with Gasteiger partial charge in [0, 0.05) is 6.42 Å². The van der Waals surface area contributed by atoms with Crippen LogP contribution in [-0.4, -0.2) is 17.1 Å². The third-order valence-corrected chi connectivity index (χ3v) is 5.28. The molecule has 1 aliphatic rings. The van der Waals surface area contributed by atoms with Gasteiger partial charge in [-0.3, -0.25) is 0 Å². The maximum atomic E-state index is 6.17. The Morgan fingerprint density at radius 3 is 2.33 bits per heavy atom. The summed E-state index contributed by atoms with van der Waals surface area (Å²) in [5.74, 6) is 1.29. The van der Waals surface area contributed by atoms with Crippen LogP contribution in [0.25, 0.3) is 0 Å². The molecule has 0 spiro atoms. The van der Waals surface area contributed by atoms with Crippen LogP contribution in [0.1, 0.15) is 19.8 Å². The van der Waals surface area contributed by atoms with E-state index in [1.165, 1.54) is 11.3 Å². The summed E-state index contributed by atoms with van der Waals surface area (Å²) in [5, 5.41) is 1.64. The van der Waals surface area contributed by atoms with Gasteiger partial charge in [0.15, 0.2) is 0 Å². The minimum Gasteiger partial charge on any atom is -0.547 e. The average Bonchev–Trinajstić information content (AvgIpc) is 2.44. The predicted molar refractivity (Wildman–Crippen MR) is 73.3 cm³/mol. The molecule has 0 unspecified atom stereocenters. The molecule has 1 rings (SSSR count). The van der Waals surface area contributed by atoms with E-state index < -0.39 is 17.1 Å². The zero-order valence-electron chi connectivity index (χ0n) is 11.0. The lowest BCUT2D eigenvalue weighted by molar-refractivity contribution is 0.409. The van der Waals surface area contributed by atoms with E-state index in [0.29, 0.717) is 0 Å².